The van der Waals surface area contributed by atoms with Gasteiger partial charge in [-0.15, -0.1) is 0 Å². The summed E-state index contributed by atoms with van der Waals surface area (Å²) in [6, 6.07) is 0. The van der Waals surface area contributed by atoms with Crippen LogP contribution in [0.5, 0.6) is 0 Å². The van der Waals surface area contributed by atoms with E-state index in [4.69, 9.17) is 0 Å². The van der Waals surface area contributed by atoms with Crippen molar-refractivity contribution in [2.45, 2.75) is 40.0 Å². The minimum Gasteiger partial charge on any atom is -0.296 e. The van der Waals surface area contributed by atoms with Crippen LogP contribution in [0.25, 0.3) is 0 Å². The van der Waals surface area contributed by atoms with Crippen molar-refractivity contribution >= 4 is 11.8 Å². The molecule has 0 aromatic carbocycles. The number of carbonyl (C=O) groups excluding carboxylic acids is 2. The molecule has 1 heterocycles. The van der Waals surface area contributed by atoms with Crippen LogP contribution in [0.2, 0.25) is 0 Å². The first-order chi connectivity index (χ1) is 5.97. The van der Waals surface area contributed by atoms with Crippen molar-refractivity contribution in [1.82, 2.24) is 5.32 Å². The molecule has 1 saturated heterocycles. The molecule has 74 valence electrons. The van der Waals surface area contributed by atoms with E-state index in [-0.39, 0.29) is 23.1 Å². The summed E-state index contributed by atoms with van der Waals surface area (Å²) in [4.78, 5) is 22.4. The van der Waals surface area contributed by atoms with Crippen molar-refractivity contribution in [2.24, 2.45) is 11.3 Å². The van der Waals surface area contributed by atoms with Gasteiger partial charge in [0.2, 0.25) is 11.8 Å². The zero-order chi connectivity index (χ0) is 10.1. The van der Waals surface area contributed by atoms with Crippen LogP contribution in [0.15, 0.2) is 0 Å². The fourth-order valence-electron chi connectivity index (χ4n) is 1.69. The summed E-state index contributed by atoms with van der Waals surface area (Å²) in [5.41, 5.74) is 0.00475. The quantitative estimate of drug-likeness (QED) is 0.659. The van der Waals surface area contributed by atoms with Crippen LogP contribution >= 0.6 is 0 Å². The Balaban J connectivity index is 2.71. The largest absolute Gasteiger partial charge is 0.296 e. The van der Waals surface area contributed by atoms with E-state index < -0.39 is 0 Å². The van der Waals surface area contributed by atoms with E-state index in [0.29, 0.717) is 12.8 Å². The van der Waals surface area contributed by atoms with E-state index in [2.05, 4.69) is 26.1 Å². The summed E-state index contributed by atoms with van der Waals surface area (Å²) < 4.78 is 0. The van der Waals surface area contributed by atoms with Gasteiger partial charge in [-0.05, 0) is 11.8 Å². The van der Waals surface area contributed by atoms with Gasteiger partial charge < -0.3 is 0 Å². The lowest BCUT2D eigenvalue weighted by molar-refractivity contribution is -0.139. The zero-order valence-corrected chi connectivity index (χ0v) is 8.52. The Bertz CT molecular complexity index is 233. The van der Waals surface area contributed by atoms with Crippen molar-refractivity contribution in [2.75, 3.05) is 0 Å². The van der Waals surface area contributed by atoms with E-state index in [1.54, 1.807) is 0 Å². The number of nitrogens with one attached hydrogen (secondary N) is 1. The summed E-state index contributed by atoms with van der Waals surface area (Å²) in [7, 11) is 0. The molecule has 1 atom stereocenters. The van der Waals surface area contributed by atoms with Gasteiger partial charge in [0.1, 0.15) is 0 Å². The van der Waals surface area contributed by atoms with Gasteiger partial charge in [0.25, 0.3) is 0 Å². The van der Waals surface area contributed by atoms with Gasteiger partial charge in [-0.25, -0.2) is 0 Å². The molecule has 2 amide bonds. The first kappa shape index (κ1) is 10.2. The van der Waals surface area contributed by atoms with Crippen molar-refractivity contribution in [3.05, 3.63) is 0 Å². The van der Waals surface area contributed by atoms with Crippen molar-refractivity contribution in [3.8, 4) is 0 Å². The van der Waals surface area contributed by atoms with E-state index in [0.717, 1.165) is 6.42 Å². The molecule has 1 rings (SSSR count). The number of rotatable bonds is 2. The second-order valence-corrected chi connectivity index (χ2v) is 4.35. The van der Waals surface area contributed by atoms with Crippen LogP contribution in [-0.4, -0.2) is 11.8 Å². The molecule has 1 aliphatic rings. The molecule has 13 heavy (non-hydrogen) atoms. The molecule has 1 N–H and O–H groups in total. The lowest BCUT2D eigenvalue weighted by atomic mass is 9.73. The number of hydrogen-bond donors (Lipinski definition) is 1. The van der Waals surface area contributed by atoms with Crippen LogP contribution in [0, 0.1) is 11.3 Å². The smallest absolute Gasteiger partial charge is 0.230 e. The number of carbonyl (C=O) groups is 2. The van der Waals surface area contributed by atoms with Gasteiger partial charge in [0.05, 0.1) is 0 Å². The number of piperidine rings is 1. The highest BCUT2D eigenvalue weighted by Crippen LogP contribution is 2.35. The summed E-state index contributed by atoms with van der Waals surface area (Å²) >= 11 is 0. The molecule has 0 spiro atoms. The van der Waals surface area contributed by atoms with Crippen molar-refractivity contribution in [3.63, 3.8) is 0 Å². The molecule has 0 bridgehead atoms. The summed E-state index contributed by atoms with van der Waals surface area (Å²) in [6.07, 6.45) is 2.14. The zero-order valence-electron chi connectivity index (χ0n) is 8.52. The molecule has 3 heteroatoms. The molecule has 0 aromatic heterocycles. The summed E-state index contributed by atoms with van der Waals surface area (Å²) in [5, 5.41) is 2.39. The van der Waals surface area contributed by atoms with Crippen molar-refractivity contribution in [1.29, 1.82) is 0 Å². The van der Waals surface area contributed by atoms with E-state index in [9.17, 15) is 9.59 Å². The molecule has 0 saturated carbocycles. The average molecular weight is 183 g/mol. The molecular formula is C10H17NO2. The van der Waals surface area contributed by atoms with Gasteiger partial charge in [-0.1, -0.05) is 27.2 Å². The van der Waals surface area contributed by atoms with Gasteiger partial charge in [0.15, 0.2) is 0 Å². The Hall–Kier alpha value is -0.860. The topological polar surface area (TPSA) is 46.2 Å². The Morgan fingerprint density at radius 1 is 1.46 bits per heavy atom. The minimum absolute atomic E-state index is 0.00444. The Morgan fingerprint density at radius 2 is 2.08 bits per heavy atom. The average Bonchev–Trinajstić information content (AvgIpc) is 2.03. The maximum Gasteiger partial charge on any atom is 0.230 e. The van der Waals surface area contributed by atoms with E-state index in [1.807, 2.05) is 0 Å². The summed E-state index contributed by atoms with van der Waals surface area (Å²) in [5.74, 6) is -0.230. The first-order valence-electron chi connectivity index (χ1n) is 4.81. The van der Waals surface area contributed by atoms with Crippen LogP contribution < -0.4 is 5.32 Å². The third kappa shape index (κ3) is 2.08. The second-order valence-electron chi connectivity index (χ2n) is 4.35. The maximum absolute atomic E-state index is 11.5. The predicted octanol–water partition coefficient (Wildman–Crippen LogP) is 1.48. The highest BCUT2D eigenvalue weighted by molar-refractivity contribution is 5.98. The van der Waals surface area contributed by atoms with Crippen LogP contribution in [0.3, 0.4) is 0 Å². The van der Waals surface area contributed by atoms with E-state index in [1.165, 1.54) is 0 Å². The van der Waals surface area contributed by atoms with Gasteiger partial charge in [0, 0.05) is 12.3 Å². The van der Waals surface area contributed by atoms with E-state index >= 15 is 0 Å². The SMILES string of the molecule is CCC(C)(C)C1CCC(=O)NC1=O. The molecule has 3 nitrogen and oxygen atoms in total. The van der Waals surface area contributed by atoms with Gasteiger partial charge in [-0.3, -0.25) is 14.9 Å². The number of imide groups is 1. The fraction of sp³-hybridized carbons (Fsp3) is 0.800. The fourth-order valence-corrected chi connectivity index (χ4v) is 1.69. The van der Waals surface area contributed by atoms with Crippen LogP contribution in [0.4, 0.5) is 0 Å². The van der Waals surface area contributed by atoms with Gasteiger partial charge >= 0.3 is 0 Å². The minimum atomic E-state index is -0.131. The van der Waals surface area contributed by atoms with Crippen LogP contribution in [0.1, 0.15) is 40.0 Å². The molecule has 0 aromatic rings. The molecule has 1 aliphatic heterocycles. The highest BCUT2D eigenvalue weighted by Gasteiger charge is 2.37. The van der Waals surface area contributed by atoms with Crippen molar-refractivity contribution < 1.29 is 9.59 Å². The molecule has 1 fully saturated rings. The van der Waals surface area contributed by atoms with Crippen LogP contribution in [-0.2, 0) is 9.59 Å². The number of hydrogen-bond acceptors (Lipinski definition) is 2. The first-order valence-corrected chi connectivity index (χ1v) is 4.81. The molecule has 0 radical (unpaired) electrons. The lowest BCUT2D eigenvalue weighted by Gasteiger charge is -2.34. The molecule has 0 aliphatic carbocycles. The Morgan fingerprint density at radius 3 is 2.54 bits per heavy atom. The Labute approximate surface area is 78.9 Å². The Kier molecular flexibility index (Phi) is 2.74. The monoisotopic (exact) mass is 183 g/mol. The molecular weight excluding hydrogens is 166 g/mol. The lowest BCUT2D eigenvalue weighted by Crippen LogP contribution is -2.46. The highest BCUT2D eigenvalue weighted by atomic mass is 16.2. The predicted molar refractivity (Wildman–Crippen MR) is 49.9 cm³/mol. The molecule has 1 unspecified atom stereocenters. The second kappa shape index (κ2) is 3.48. The number of amides is 2. The summed E-state index contributed by atoms with van der Waals surface area (Å²) in [6.45, 7) is 6.23. The normalized spacial score (nSPS) is 24.4. The third-order valence-corrected chi connectivity index (χ3v) is 3.09. The third-order valence-electron chi connectivity index (χ3n) is 3.09. The standard InChI is InChI=1S/C10H17NO2/c1-4-10(2,3)7-5-6-8(12)11-9(7)13/h7H,4-6H2,1-3H3,(H,11,12,13). The van der Waals surface area contributed by atoms with Gasteiger partial charge in [-0.2, -0.15) is 0 Å². The maximum atomic E-state index is 11.5.